The van der Waals surface area contributed by atoms with E-state index in [1.165, 1.54) is 25.3 Å². The Balaban J connectivity index is 2.16. The zero-order chi connectivity index (χ0) is 15.6. The minimum Gasteiger partial charge on any atom is -0.317 e. The Morgan fingerprint density at radius 2 is 2.00 bits per heavy atom. The van der Waals surface area contributed by atoms with Crippen molar-refractivity contribution < 1.29 is 4.39 Å². The van der Waals surface area contributed by atoms with Gasteiger partial charge in [0.1, 0.15) is 5.82 Å². The molecular weight excluding hydrogens is 329 g/mol. The predicted molar refractivity (Wildman–Crippen MR) is 90.9 cm³/mol. The highest BCUT2D eigenvalue weighted by Crippen LogP contribution is 2.41. The second-order valence-electron chi connectivity index (χ2n) is 7.47. The van der Waals surface area contributed by atoms with Crippen LogP contribution < -0.4 is 5.32 Å². The first-order valence-corrected chi connectivity index (χ1v) is 8.71. The molecule has 2 rings (SSSR count). The van der Waals surface area contributed by atoms with Gasteiger partial charge in [0.2, 0.25) is 0 Å². The van der Waals surface area contributed by atoms with Gasteiger partial charge in [-0.05, 0) is 73.7 Å². The van der Waals surface area contributed by atoms with Crippen LogP contribution in [-0.2, 0) is 6.42 Å². The fourth-order valence-corrected chi connectivity index (χ4v) is 4.05. The maximum absolute atomic E-state index is 13.5. The molecule has 0 radical (unpaired) electrons. The van der Waals surface area contributed by atoms with Crippen LogP contribution in [0.4, 0.5) is 4.39 Å². The average Bonchev–Trinajstić information content (AvgIpc) is 2.42. The van der Waals surface area contributed by atoms with E-state index < -0.39 is 0 Å². The second kappa shape index (κ2) is 6.78. The van der Waals surface area contributed by atoms with Crippen molar-refractivity contribution in [2.24, 2.45) is 17.3 Å². The summed E-state index contributed by atoms with van der Waals surface area (Å²) < 4.78 is 14.5. The van der Waals surface area contributed by atoms with Crippen molar-refractivity contribution >= 4 is 15.9 Å². The number of hydrogen-bond donors (Lipinski definition) is 1. The van der Waals surface area contributed by atoms with E-state index in [2.05, 4.69) is 49.1 Å². The Bertz CT molecular complexity index is 481. The van der Waals surface area contributed by atoms with Gasteiger partial charge in [-0.25, -0.2) is 4.39 Å². The van der Waals surface area contributed by atoms with E-state index in [0.29, 0.717) is 17.4 Å². The number of benzene rings is 1. The molecule has 1 aromatic carbocycles. The third-order valence-electron chi connectivity index (χ3n) is 5.07. The van der Waals surface area contributed by atoms with Crippen LogP contribution in [0, 0.1) is 23.1 Å². The van der Waals surface area contributed by atoms with Crippen molar-refractivity contribution in [3.63, 3.8) is 0 Å². The van der Waals surface area contributed by atoms with Crippen LogP contribution in [0.5, 0.6) is 0 Å². The third-order valence-corrected chi connectivity index (χ3v) is 5.84. The van der Waals surface area contributed by atoms with Gasteiger partial charge in [0.05, 0.1) is 0 Å². The van der Waals surface area contributed by atoms with Gasteiger partial charge >= 0.3 is 0 Å². The van der Waals surface area contributed by atoms with E-state index in [1.807, 2.05) is 6.07 Å². The Labute approximate surface area is 136 Å². The molecule has 118 valence electrons. The number of halogens is 2. The molecule has 0 aromatic heterocycles. The first-order chi connectivity index (χ1) is 9.81. The molecule has 1 saturated carbocycles. The highest BCUT2D eigenvalue weighted by Gasteiger charge is 2.35. The second-order valence-corrected chi connectivity index (χ2v) is 8.33. The first kappa shape index (κ1) is 17.0. The van der Waals surface area contributed by atoms with Crippen molar-refractivity contribution in [1.29, 1.82) is 0 Å². The van der Waals surface area contributed by atoms with Gasteiger partial charge in [-0.1, -0.05) is 36.7 Å². The van der Waals surface area contributed by atoms with E-state index in [4.69, 9.17) is 0 Å². The number of hydrogen-bond acceptors (Lipinski definition) is 1. The summed E-state index contributed by atoms with van der Waals surface area (Å²) in [5.74, 6) is 1.18. The molecule has 0 aliphatic heterocycles. The van der Waals surface area contributed by atoms with Crippen molar-refractivity contribution in [2.45, 2.75) is 52.5 Å². The lowest BCUT2D eigenvalue weighted by Crippen LogP contribution is -2.42. The zero-order valence-corrected chi connectivity index (χ0v) is 15.1. The van der Waals surface area contributed by atoms with Gasteiger partial charge in [-0.15, -0.1) is 0 Å². The van der Waals surface area contributed by atoms with Crippen LogP contribution >= 0.6 is 15.9 Å². The summed E-state index contributed by atoms with van der Waals surface area (Å²) in [6.45, 7) is 7.02. The van der Waals surface area contributed by atoms with E-state index in [-0.39, 0.29) is 5.82 Å². The molecule has 0 heterocycles. The lowest BCUT2D eigenvalue weighted by atomic mass is 9.66. The molecule has 1 fully saturated rings. The summed E-state index contributed by atoms with van der Waals surface area (Å²) in [4.78, 5) is 0. The van der Waals surface area contributed by atoms with E-state index in [9.17, 15) is 4.39 Å². The Morgan fingerprint density at radius 3 is 2.62 bits per heavy atom. The van der Waals surface area contributed by atoms with Crippen molar-refractivity contribution in [2.75, 3.05) is 7.05 Å². The zero-order valence-electron chi connectivity index (χ0n) is 13.5. The number of rotatable bonds is 3. The summed E-state index contributed by atoms with van der Waals surface area (Å²) >= 11 is 3.57. The van der Waals surface area contributed by atoms with Gasteiger partial charge in [0.25, 0.3) is 0 Å². The predicted octanol–water partition coefficient (Wildman–Crippen LogP) is 5.18. The Hall–Kier alpha value is -0.410. The molecule has 0 amide bonds. The summed E-state index contributed by atoms with van der Waals surface area (Å²) in [5.41, 5.74) is 1.45. The van der Waals surface area contributed by atoms with Crippen molar-refractivity contribution in [1.82, 2.24) is 5.32 Å². The standard InChI is InChI=1S/C18H27BrFN/c1-18(2,3)14-5-8-17(21-4)13(10-14)9-12-11-15(20)6-7-16(12)19/h6-7,11,13-14,17,21H,5,8-10H2,1-4H3. The molecule has 0 saturated heterocycles. The largest absolute Gasteiger partial charge is 0.317 e. The molecule has 1 aromatic rings. The summed E-state index contributed by atoms with van der Waals surface area (Å²) in [6, 6.07) is 5.56. The molecule has 1 nitrogen and oxygen atoms in total. The summed E-state index contributed by atoms with van der Waals surface area (Å²) in [5, 5.41) is 3.47. The maximum Gasteiger partial charge on any atom is 0.123 e. The van der Waals surface area contributed by atoms with Crippen LogP contribution in [0.3, 0.4) is 0 Å². The highest BCUT2D eigenvalue weighted by atomic mass is 79.9. The maximum atomic E-state index is 13.5. The Morgan fingerprint density at radius 1 is 1.29 bits per heavy atom. The monoisotopic (exact) mass is 355 g/mol. The molecule has 0 bridgehead atoms. The van der Waals surface area contributed by atoms with Crippen LogP contribution in [0.1, 0.15) is 45.6 Å². The lowest BCUT2D eigenvalue weighted by Gasteiger charge is -2.42. The normalized spacial score (nSPS) is 26.9. The quantitative estimate of drug-likeness (QED) is 0.787. The minimum absolute atomic E-state index is 0.141. The van der Waals surface area contributed by atoms with Crippen molar-refractivity contribution in [3.8, 4) is 0 Å². The topological polar surface area (TPSA) is 12.0 Å². The molecule has 3 unspecified atom stereocenters. The van der Waals surface area contributed by atoms with Gasteiger partial charge in [-0.2, -0.15) is 0 Å². The van der Waals surface area contributed by atoms with Crippen LogP contribution in [0.15, 0.2) is 22.7 Å². The fourth-order valence-electron chi connectivity index (χ4n) is 3.64. The van der Waals surface area contributed by atoms with E-state index in [0.717, 1.165) is 22.4 Å². The molecule has 1 N–H and O–H groups in total. The summed E-state index contributed by atoms with van der Waals surface area (Å²) in [7, 11) is 2.05. The third kappa shape index (κ3) is 4.29. The van der Waals surface area contributed by atoms with Crippen LogP contribution in [0.25, 0.3) is 0 Å². The lowest BCUT2D eigenvalue weighted by molar-refractivity contribution is 0.116. The molecule has 21 heavy (non-hydrogen) atoms. The van der Waals surface area contributed by atoms with Crippen LogP contribution in [0.2, 0.25) is 0 Å². The molecule has 0 spiro atoms. The van der Waals surface area contributed by atoms with Gasteiger partial charge in [0.15, 0.2) is 0 Å². The highest BCUT2D eigenvalue weighted by molar-refractivity contribution is 9.10. The van der Waals surface area contributed by atoms with Crippen molar-refractivity contribution in [3.05, 3.63) is 34.1 Å². The minimum atomic E-state index is -0.141. The van der Waals surface area contributed by atoms with E-state index >= 15 is 0 Å². The van der Waals surface area contributed by atoms with Gasteiger partial charge in [0, 0.05) is 10.5 Å². The molecular formula is C18H27BrFN. The SMILES string of the molecule is CNC1CCC(C(C)(C)C)CC1Cc1cc(F)ccc1Br. The van der Waals surface area contributed by atoms with Gasteiger partial charge in [-0.3, -0.25) is 0 Å². The Kier molecular flexibility index (Phi) is 5.48. The average molecular weight is 356 g/mol. The fraction of sp³-hybridized carbons (Fsp3) is 0.667. The van der Waals surface area contributed by atoms with Gasteiger partial charge < -0.3 is 5.32 Å². The molecule has 3 atom stereocenters. The van der Waals surface area contributed by atoms with E-state index in [1.54, 1.807) is 6.07 Å². The molecule has 3 heteroatoms. The molecule has 1 aliphatic rings. The first-order valence-electron chi connectivity index (χ1n) is 7.92. The summed E-state index contributed by atoms with van der Waals surface area (Å²) in [6.07, 6.45) is 4.67. The number of nitrogens with one attached hydrogen (secondary N) is 1. The molecule has 1 aliphatic carbocycles. The smallest absolute Gasteiger partial charge is 0.123 e. The van der Waals surface area contributed by atoms with Crippen LogP contribution in [-0.4, -0.2) is 13.1 Å².